The molecule has 0 heterocycles. The molecule has 2 aromatic rings. The number of aliphatic carboxylic acids is 1. The first-order valence-electron chi connectivity index (χ1n) is 6.45. The van der Waals surface area contributed by atoms with Crippen LogP contribution in [-0.4, -0.2) is 11.1 Å². The second-order valence-corrected chi connectivity index (χ2v) is 4.66. The number of carboxylic acids is 1. The molecular formula is C16H13F3O3. The molecule has 0 amide bonds. The summed E-state index contributed by atoms with van der Waals surface area (Å²) in [6.07, 6.45) is -4.54. The van der Waals surface area contributed by atoms with Crippen LogP contribution >= 0.6 is 0 Å². The van der Waals surface area contributed by atoms with Gasteiger partial charge in [-0.1, -0.05) is 30.3 Å². The van der Waals surface area contributed by atoms with E-state index in [4.69, 9.17) is 9.84 Å². The Bertz CT molecular complexity index is 648. The highest BCUT2D eigenvalue weighted by Gasteiger charge is 2.29. The van der Waals surface area contributed by atoms with E-state index in [9.17, 15) is 18.0 Å². The fraction of sp³-hybridized carbons (Fsp3) is 0.188. The summed E-state index contributed by atoms with van der Waals surface area (Å²) >= 11 is 0. The van der Waals surface area contributed by atoms with Crippen molar-refractivity contribution in [1.82, 2.24) is 0 Å². The zero-order valence-corrected chi connectivity index (χ0v) is 11.4. The monoisotopic (exact) mass is 310 g/mol. The van der Waals surface area contributed by atoms with Gasteiger partial charge in [0.1, 0.15) is 12.4 Å². The molecule has 0 aliphatic rings. The fourth-order valence-electron chi connectivity index (χ4n) is 1.90. The van der Waals surface area contributed by atoms with Gasteiger partial charge in [0.15, 0.2) is 0 Å². The SMILES string of the molecule is O=C(O)Cc1ccccc1OCc1ccc(C(F)(F)F)cc1. The van der Waals surface area contributed by atoms with Crippen LogP contribution in [0.2, 0.25) is 0 Å². The van der Waals surface area contributed by atoms with Crippen LogP contribution in [-0.2, 0) is 24.0 Å². The lowest BCUT2D eigenvalue weighted by atomic mass is 10.1. The highest BCUT2D eigenvalue weighted by Crippen LogP contribution is 2.29. The number of carbonyl (C=O) groups is 1. The molecule has 22 heavy (non-hydrogen) atoms. The molecule has 0 aliphatic heterocycles. The summed E-state index contributed by atoms with van der Waals surface area (Å²) in [6.45, 7) is 0.0643. The van der Waals surface area contributed by atoms with Crippen molar-refractivity contribution in [3.05, 3.63) is 65.2 Å². The Labute approximate surface area is 125 Å². The number of hydrogen-bond acceptors (Lipinski definition) is 2. The smallest absolute Gasteiger partial charge is 0.416 e. The van der Waals surface area contributed by atoms with E-state index in [1.165, 1.54) is 12.1 Å². The first-order valence-corrected chi connectivity index (χ1v) is 6.45. The highest BCUT2D eigenvalue weighted by atomic mass is 19.4. The Morgan fingerprint density at radius 3 is 2.27 bits per heavy atom. The first-order chi connectivity index (χ1) is 10.4. The van der Waals surface area contributed by atoms with Crippen LogP contribution in [0.3, 0.4) is 0 Å². The number of hydrogen-bond donors (Lipinski definition) is 1. The standard InChI is InChI=1S/C16H13F3O3/c17-16(18,19)13-7-5-11(6-8-13)10-22-14-4-2-1-3-12(14)9-15(20)21/h1-8H,9-10H2,(H,20,21). The molecule has 0 radical (unpaired) electrons. The van der Waals surface area contributed by atoms with Crippen molar-refractivity contribution >= 4 is 5.97 Å². The molecule has 0 aromatic heterocycles. The maximum absolute atomic E-state index is 12.5. The molecular weight excluding hydrogens is 297 g/mol. The highest BCUT2D eigenvalue weighted by molar-refractivity contribution is 5.71. The van der Waals surface area contributed by atoms with Crippen LogP contribution in [0.5, 0.6) is 5.75 Å². The van der Waals surface area contributed by atoms with Crippen molar-refractivity contribution in [3.8, 4) is 5.75 Å². The largest absolute Gasteiger partial charge is 0.489 e. The van der Waals surface area contributed by atoms with E-state index in [2.05, 4.69) is 0 Å². The van der Waals surface area contributed by atoms with Crippen molar-refractivity contribution in [2.24, 2.45) is 0 Å². The van der Waals surface area contributed by atoms with Crippen LogP contribution < -0.4 is 4.74 Å². The van der Waals surface area contributed by atoms with Gasteiger partial charge < -0.3 is 9.84 Å². The summed E-state index contributed by atoms with van der Waals surface area (Å²) in [5, 5.41) is 8.82. The van der Waals surface area contributed by atoms with E-state index in [-0.39, 0.29) is 13.0 Å². The molecule has 0 unspecified atom stereocenters. The summed E-state index contributed by atoms with van der Waals surface area (Å²) in [7, 11) is 0. The van der Waals surface area contributed by atoms with Crippen molar-refractivity contribution in [2.75, 3.05) is 0 Å². The van der Waals surface area contributed by atoms with Gasteiger partial charge >= 0.3 is 12.1 Å². The number of halogens is 3. The van der Waals surface area contributed by atoms with Crippen LogP contribution in [0.25, 0.3) is 0 Å². The second kappa shape index (κ2) is 6.51. The fourth-order valence-corrected chi connectivity index (χ4v) is 1.90. The van der Waals surface area contributed by atoms with Crippen molar-refractivity contribution in [2.45, 2.75) is 19.2 Å². The topological polar surface area (TPSA) is 46.5 Å². The van der Waals surface area contributed by atoms with E-state index in [0.29, 0.717) is 16.9 Å². The third-order valence-electron chi connectivity index (χ3n) is 2.99. The molecule has 0 atom stereocenters. The zero-order valence-electron chi connectivity index (χ0n) is 11.4. The van der Waals surface area contributed by atoms with Gasteiger partial charge in [-0.3, -0.25) is 4.79 Å². The van der Waals surface area contributed by atoms with E-state index in [1.54, 1.807) is 24.3 Å². The number of alkyl halides is 3. The molecule has 1 N–H and O–H groups in total. The minimum Gasteiger partial charge on any atom is -0.489 e. The van der Waals surface area contributed by atoms with Crippen molar-refractivity contribution in [1.29, 1.82) is 0 Å². The van der Waals surface area contributed by atoms with E-state index >= 15 is 0 Å². The zero-order chi connectivity index (χ0) is 16.2. The third kappa shape index (κ3) is 4.25. The third-order valence-corrected chi connectivity index (χ3v) is 2.99. The average molecular weight is 310 g/mol. The summed E-state index contributed by atoms with van der Waals surface area (Å²) in [5.41, 5.74) is 0.363. The van der Waals surface area contributed by atoms with E-state index in [0.717, 1.165) is 12.1 Å². The Kier molecular flexibility index (Phi) is 4.70. The quantitative estimate of drug-likeness (QED) is 0.910. The number of carboxylic acid groups (broad SMARTS) is 1. The normalized spacial score (nSPS) is 11.2. The lowest BCUT2D eigenvalue weighted by Gasteiger charge is -2.11. The van der Waals surface area contributed by atoms with Crippen LogP contribution in [0, 0.1) is 0 Å². The van der Waals surface area contributed by atoms with Crippen LogP contribution in [0.1, 0.15) is 16.7 Å². The predicted octanol–water partition coefficient (Wildman–Crippen LogP) is 3.91. The Morgan fingerprint density at radius 2 is 1.68 bits per heavy atom. The Balaban J connectivity index is 2.06. The van der Waals surface area contributed by atoms with Crippen molar-refractivity contribution in [3.63, 3.8) is 0 Å². The van der Waals surface area contributed by atoms with Gasteiger partial charge in [-0.2, -0.15) is 13.2 Å². The lowest BCUT2D eigenvalue weighted by Crippen LogP contribution is -2.06. The first kappa shape index (κ1) is 15.9. The minimum atomic E-state index is -4.37. The van der Waals surface area contributed by atoms with Gasteiger partial charge in [0.25, 0.3) is 0 Å². The minimum absolute atomic E-state index is 0.0643. The van der Waals surface area contributed by atoms with E-state index < -0.39 is 17.7 Å². The number of rotatable bonds is 5. The molecule has 0 aliphatic carbocycles. The summed E-state index contributed by atoms with van der Waals surface area (Å²) in [6, 6.07) is 11.3. The van der Waals surface area contributed by atoms with Gasteiger partial charge in [0, 0.05) is 5.56 Å². The Morgan fingerprint density at radius 1 is 1.05 bits per heavy atom. The maximum atomic E-state index is 12.5. The second-order valence-electron chi connectivity index (χ2n) is 4.66. The maximum Gasteiger partial charge on any atom is 0.416 e. The van der Waals surface area contributed by atoms with Gasteiger partial charge in [-0.15, -0.1) is 0 Å². The van der Waals surface area contributed by atoms with Gasteiger partial charge in [-0.05, 0) is 23.8 Å². The summed E-state index contributed by atoms with van der Waals surface area (Å²) in [5.74, 6) is -0.574. The van der Waals surface area contributed by atoms with Gasteiger partial charge in [-0.25, -0.2) is 0 Å². The number of para-hydroxylation sites is 1. The summed E-state index contributed by atoms with van der Waals surface area (Å²) < 4.78 is 42.9. The molecule has 0 saturated heterocycles. The molecule has 2 rings (SSSR count). The van der Waals surface area contributed by atoms with Crippen LogP contribution in [0.4, 0.5) is 13.2 Å². The summed E-state index contributed by atoms with van der Waals surface area (Å²) in [4.78, 5) is 10.8. The number of ether oxygens (including phenoxy) is 1. The molecule has 0 bridgehead atoms. The Hall–Kier alpha value is -2.50. The van der Waals surface area contributed by atoms with Crippen molar-refractivity contribution < 1.29 is 27.8 Å². The van der Waals surface area contributed by atoms with Gasteiger partial charge in [0.05, 0.1) is 12.0 Å². The van der Waals surface area contributed by atoms with Gasteiger partial charge in [0.2, 0.25) is 0 Å². The molecule has 0 fully saturated rings. The molecule has 116 valence electrons. The molecule has 3 nitrogen and oxygen atoms in total. The molecule has 0 saturated carbocycles. The van der Waals surface area contributed by atoms with Crippen LogP contribution in [0.15, 0.2) is 48.5 Å². The predicted molar refractivity (Wildman–Crippen MR) is 73.6 cm³/mol. The lowest BCUT2D eigenvalue weighted by molar-refractivity contribution is -0.138. The molecule has 2 aromatic carbocycles. The average Bonchev–Trinajstić information content (AvgIpc) is 2.45. The molecule has 0 spiro atoms. The molecule has 6 heteroatoms. The van der Waals surface area contributed by atoms with E-state index in [1.807, 2.05) is 0 Å². The number of benzene rings is 2.